The molecule has 3 aromatic heterocycles. The fourth-order valence-corrected chi connectivity index (χ4v) is 5.73. The Labute approximate surface area is 208 Å². The van der Waals surface area contributed by atoms with Crippen LogP contribution in [0.1, 0.15) is 42.8 Å². The summed E-state index contributed by atoms with van der Waals surface area (Å²) < 4.78 is 7.50. The number of benzene rings is 1. The second-order valence-electron chi connectivity index (χ2n) is 9.25. The van der Waals surface area contributed by atoms with E-state index in [-0.39, 0.29) is 24.1 Å². The van der Waals surface area contributed by atoms with Crippen LogP contribution in [-0.2, 0) is 11.8 Å². The first-order valence-electron chi connectivity index (χ1n) is 11.9. The molecule has 1 fully saturated rings. The van der Waals surface area contributed by atoms with Crippen LogP contribution in [0.15, 0.2) is 42.7 Å². The third-order valence-corrected chi connectivity index (χ3v) is 7.40. The van der Waals surface area contributed by atoms with Gasteiger partial charge in [-0.05, 0) is 38.7 Å². The number of imidazole rings is 1. The molecule has 182 valence electrons. The Bertz CT molecular complexity index is 1350. The van der Waals surface area contributed by atoms with Crippen molar-refractivity contribution in [2.75, 3.05) is 12.4 Å². The Hall–Kier alpha value is -3.30. The Morgan fingerprint density at radius 2 is 2.00 bits per heavy atom. The second kappa shape index (κ2) is 9.75. The van der Waals surface area contributed by atoms with Gasteiger partial charge in [0.05, 0.1) is 11.5 Å². The van der Waals surface area contributed by atoms with Gasteiger partial charge in [0.2, 0.25) is 0 Å². The average molecular weight is 491 g/mol. The highest BCUT2D eigenvalue weighted by molar-refractivity contribution is 7.21. The molecule has 0 bridgehead atoms. The molecule has 1 aliphatic rings. The zero-order chi connectivity index (χ0) is 24.5. The maximum atomic E-state index is 13.3. The molecule has 1 aromatic carbocycles. The van der Waals surface area contributed by atoms with Gasteiger partial charge in [-0.25, -0.2) is 15.0 Å². The number of hydrogen-bond acceptors (Lipinski definition) is 7. The topological polar surface area (TPSA) is 94.0 Å². The van der Waals surface area contributed by atoms with Crippen LogP contribution in [0, 0.1) is 0 Å². The number of aryl methyl sites for hydroxylation is 1. The molecule has 4 aromatic rings. The van der Waals surface area contributed by atoms with Gasteiger partial charge in [0.25, 0.3) is 5.91 Å². The summed E-state index contributed by atoms with van der Waals surface area (Å²) in [6, 6.07) is 10.3. The minimum absolute atomic E-state index is 0.0209. The summed E-state index contributed by atoms with van der Waals surface area (Å²) in [5.74, 6) is 1.84. The van der Waals surface area contributed by atoms with Gasteiger partial charge in [0, 0.05) is 44.2 Å². The first-order valence-corrected chi connectivity index (χ1v) is 12.7. The summed E-state index contributed by atoms with van der Waals surface area (Å²) in [6.45, 7) is 3.93. The highest BCUT2D eigenvalue weighted by atomic mass is 32.1. The van der Waals surface area contributed by atoms with Crippen molar-refractivity contribution in [2.24, 2.45) is 7.05 Å². The van der Waals surface area contributed by atoms with E-state index in [1.807, 2.05) is 62.0 Å². The number of ether oxygens (including phenoxy) is 1. The number of methoxy groups -OCH3 is 1. The summed E-state index contributed by atoms with van der Waals surface area (Å²) >= 11 is 1.40. The standard InChI is InChI=1S/C26H30N6O2S/c1-15(2)28-25(33)21-19(16-8-6-5-7-9-16)20-22(29-17-10-11-18(14-17)34-4)30-23(31-26(20)35-21)24-27-12-13-32(24)3/h5-9,12-13,15,17-18H,10-11,14H2,1-4H3,(H,28,33)(H,29,30,31)/t17-,18+/m1/s1. The Morgan fingerprint density at radius 1 is 1.20 bits per heavy atom. The summed E-state index contributed by atoms with van der Waals surface area (Å²) in [7, 11) is 3.69. The van der Waals surface area contributed by atoms with E-state index in [9.17, 15) is 4.79 Å². The zero-order valence-electron chi connectivity index (χ0n) is 20.4. The van der Waals surface area contributed by atoms with Gasteiger partial charge >= 0.3 is 0 Å². The largest absolute Gasteiger partial charge is 0.381 e. The van der Waals surface area contributed by atoms with E-state index < -0.39 is 0 Å². The minimum atomic E-state index is -0.105. The van der Waals surface area contributed by atoms with Crippen molar-refractivity contribution in [3.8, 4) is 22.8 Å². The van der Waals surface area contributed by atoms with Gasteiger partial charge in [0.15, 0.2) is 11.6 Å². The van der Waals surface area contributed by atoms with Crippen molar-refractivity contribution < 1.29 is 9.53 Å². The summed E-state index contributed by atoms with van der Waals surface area (Å²) in [4.78, 5) is 29.0. The molecular formula is C26H30N6O2S. The van der Waals surface area contributed by atoms with Crippen LogP contribution in [0.4, 0.5) is 5.82 Å². The van der Waals surface area contributed by atoms with Crippen LogP contribution in [0.3, 0.4) is 0 Å². The highest BCUT2D eigenvalue weighted by Crippen LogP contribution is 2.42. The lowest BCUT2D eigenvalue weighted by atomic mass is 10.0. The van der Waals surface area contributed by atoms with E-state index in [0.29, 0.717) is 16.5 Å². The number of rotatable bonds is 7. The molecule has 3 heterocycles. The van der Waals surface area contributed by atoms with Gasteiger partial charge < -0.3 is 19.9 Å². The average Bonchev–Trinajstić information content (AvgIpc) is 3.57. The summed E-state index contributed by atoms with van der Waals surface area (Å²) in [5.41, 5.74) is 1.82. The molecule has 1 aliphatic carbocycles. The number of hydrogen-bond donors (Lipinski definition) is 2. The minimum Gasteiger partial charge on any atom is -0.381 e. The van der Waals surface area contributed by atoms with Crippen LogP contribution >= 0.6 is 11.3 Å². The predicted octanol–water partition coefficient (Wildman–Crippen LogP) is 4.88. The SMILES string of the molecule is CO[C@H]1CC[C@@H](Nc2nc(-c3nccn3C)nc3sc(C(=O)NC(C)C)c(-c4ccccc4)c23)C1. The smallest absolute Gasteiger partial charge is 0.262 e. The number of fused-ring (bicyclic) bond motifs is 1. The molecule has 5 rings (SSSR count). The number of anilines is 1. The molecule has 0 radical (unpaired) electrons. The predicted molar refractivity (Wildman–Crippen MR) is 140 cm³/mol. The maximum absolute atomic E-state index is 13.3. The van der Waals surface area contributed by atoms with Gasteiger partial charge in [-0.1, -0.05) is 30.3 Å². The van der Waals surface area contributed by atoms with Crippen LogP contribution in [-0.4, -0.2) is 50.7 Å². The van der Waals surface area contributed by atoms with Crippen molar-refractivity contribution in [1.29, 1.82) is 0 Å². The van der Waals surface area contributed by atoms with E-state index in [2.05, 4.69) is 15.6 Å². The first kappa shape index (κ1) is 23.4. The van der Waals surface area contributed by atoms with Crippen molar-refractivity contribution in [3.63, 3.8) is 0 Å². The molecule has 1 saturated carbocycles. The fraction of sp³-hybridized carbons (Fsp3) is 0.385. The quantitative estimate of drug-likeness (QED) is 0.384. The molecule has 35 heavy (non-hydrogen) atoms. The van der Waals surface area contributed by atoms with Crippen molar-refractivity contribution in [3.05, 3.63) is 47.6 Å². The highest BCUT2D eigenvalue weighted by Gasteiger charge is 2.29. The van der Waals surface area contributed by atoms with Crippen LogP contribution in [0.25, 0.3) is 33.0 Å². The molecule has 2 N–H and O–H groups in total. The molecular weight excluding hydrogens is 460 g/mol. The maximum Gasteiger partial charge on any atom is 0.262 e. The monoisotopic (exact) mass is 490 g/mol. The van der Waals surface area contributed by atoms with Crippen LogP contribution in [0.5, 0.6) is 0 Å². The summed E-state index contributed by atoms with van der Waals surface area (Å²) in [6.07, 6.45) is 6.76. The second-order valence-corrected chi connectivity index (χ2v) is 10.2. The number of amides is 1. The lowest BCUT2D eigenvalue weighted by Crippen LogP contribution is -2.29. The Morgan fingerprint density at radius 3 is 2.66 bits per heavy atom. The van der Waals surface area contributed by atoms with E-state index in [1.54, 1.807) is 13.3 Å². The lowest BCUT2D eigenvalue weighted by Gasteiger charge is -2.16. The summed E-state index contributed by atoms with van der Waals surface area (Å²) in [5, 5.41) is 7.61. The molecule has 9 heteroatoms. The van der Waals surface area contributed by atoms with Gasteiger partial charge in [-0.2, -0.15) is 0 Å². The first-order chi connectivity index (χ1) is 16.9. The fourth-order valence-electron chi connectivity index (χ4n) is 4.63. The normalized spacial score (nSPS) is 17.9. The van der Waals surface area contributed by atoms with Crippen molar-refractivity contribution >= 4 is 33.3 Å². The van der Waals surface area contributed by atoms with Crippen molar-refractivity contribution in [2.45, 2.75) is 51.3 Å². The molecule has 0 saturated heterocycles. The van der Waals surface area contributed by atoms with Gasteiger partial charge in [0.1, 0.15) is 15.5 Å². The van der Waals surface area contributed by atoms with Crippen molar-refractivity contribution in [1.82, 2.24) is 24.8 Å². The number of nitrogens with zero attached hydrogens (tertiary/aromatic N) is 4. The molecule has 8 nitrogen and oxygen atoms in total. The lowest BCUT2D eigenvalue weighted by molar-refractivity contribution is 0.0948. The number of thiophene rings is 1. The molecule has 0 unspecified atom stereocenters. The molecule has 0 aliphatic heterocycles. The van der Waals surface area contributed by atoms with Gasteiger partial charge in [-0.3, -0.25) is 4.79 Å². The third kappa shape index (κ3) is 4.66. The molecule has 2 atom stereocenters. The number of nitrogens with one attached hydrogen (secondary N) is 2. The van der Waals surface area contributed by atoms with Crippen LogP contribution < -0.4 is 10.6 Å². The molecule has 0 spiro atoms. The van der Waals surface area contributed by atoms with E-state index in [4.69, 9.17) is 14.7 Å². The zero-order valence-corrected chi connectivity index (χ0v) is 21.2. The van der Waals surface area contributed by atoms with E-state index >= 15 is 0 Å². The van der Waals surface area contributed by atoms with Crippen LogP contribution in [0.2, 0.25) is 0 Å². The van der Waals surface area contributed by atoms with E-state index in [0.717, 1.165) is 46.4 Å². The Balaban J connectivity index is 1.73. The molecule has 1 amide bonds. The number of carbonyl (C=O) groups excluding carboxylic acids is 1. The number of aromatic nitrogens is 4. The van der Waals surface area contributed by atoms with E-state index in [1.165, 1.54) is 11.3 Å². The number of carbonyl (C=O) groups is 1. The Kier molecular flexibility index (Phi) is 6.53. The van der Waals surface area contributed by atoms with Gasteiger partial charge in [-0.15, -0.1) is 11.3 Å². The third-order valence-electron chi connectivity index (χ3n) is 6.32.